The molecule has 5 nitrogen and oxygen atoms in total. The summed E-state index contributed by atoms with van der Waals surface area (Å²) in [4.78, 5) is 13.7. The summed E-state index contributed by atoms with van der Waals surface area (Å²) in [7, 11) is 1.90. The van der Waals surface area contributed by atoms with Crippen LogP contribution in [-0.4, -0.2) is 33.9 Å². The minimum Gasteiger partial charge on any atom is -0.396 e. The van der Waals surface area contributed by atoms with Crippen molar-refractivity contribution in [2.24, 2.45) is 7.05 Å². The van der Waals surface area contributed by atoms with E-state index in [0.717, 1.165) is 15.9 Å². The molecule has 0 aliphatic heterocycles. The van der Waals surface area contributed by atoms with Crippen LogP contribution in [0.4, 0.5) is 0 Å². The second-order valence-corrected chi connectivity index (χ2v) is 5.86. The summed E-state index contributed by atoms with van der Waals surface area (Å²) in [5, 5.41) is 17.1. The normalized spacial score (nSPS) is 11.4. The van der Waals surface area contributed by atoms with Crippen LogP contribution in [0, 0.1) is 0 Å². The number of carbonyl (C=O) groups is 1. The van der Waals surface area contributed by atoms with Crippen LogP contribution in [0.3, 0.4) is 0 Å². The van der Waals surface area contributed by atoms with E-state index in [9.17, 15) is 4.79 Å². The molecule has 0 aliphatic rings. The number of fused-ring (bicyclic) bond motifs is 1. The van der Waals surface area contributed by atoms with E-state index in [1.165, 1.54) is 11.3 Å². The lowest BCUT2D eigenvalue weighted by atomic mass is 10.1. The maximum Gasteiger partial charge on any atom is 0.261 e. The molecule has 2 aromatic heterocycles. The first-order valence-corrected chi connectivity index (χ1v) is 7.21. The molecule has 6 heteroatoms. The van der Waals surface area contributed by atoms with Crippen LogP contribution in [0.15, 0.2) is 6.07 Å². The van der Waals surface area contributed by atoms with Gasteiger partial charge in [0, 0.05) is 25.6 Å². The molecule has 0 unspecified atom stereocenters. The Morgan fingerprint density at radius 1 is 1.58 bits per heavy atom. The quantitative estimate of drug-likeness (QED) is 0.822. The fourth-order valence-electron chi connectivity index (χ4n) is 1.97. The molecule has 0 saturated heterocycles. The molecule has 2 aromatic rings. The SMILES string of the molecule is CC(C)c1nn(C)c2sc(C(=O)NCCCO)cc12. The molecule has 0 spiro atoms. The van der Waals surface area contributed by atoms with Gasteiger partial charge in [0.25, 0.3) is 5.91 Å². The molecule has 0 saturated carbocycles. The van der Waals surface area contributed by atoms with Gasteiger partial charge in [-0.05, 0) is 18.4 Å². The fourth-order valence-corrected chi connectivity index (χ4v) is 2.97. The summed E-state index contributed by atoms with van der Waals surface area (Å²) in [5.74, 6) is 0.257. The van der Waals surface area contributed by atoms with E-state index < -0.39 is 0 Å². The van der Waals surface area contributed by atoms with Gasteiger partial charge in [-0.1, -0.05) is 13.8 Å². The van der Waals surface area contributed by atoms with E-state index in [1.54, 1.807) is 0 Å². The van der Waals surface area contributed by atoms with Gasteiger partial charge in [-0.2, -0.15) is 5.10 Å². The highest BCUT2D eigenvalue weighted by atomic mass is 32.1. The predicted octanol–water partition coefficient (Wildman–Crippen LogP) is 1.87. The molecule has 0 radical (unpaired) electrons. The van der Waals surface area contributed by atoms with Crippen LogP contribution in [-0.2, 0) is 7.05 Å². The van der Waals surface area contributed by atoms with Crippen LogP contribution in [0.25, 0.3) is 10.2 Å². The van der Waals surface area contributed by atoms with Gasteiger partial charge in [-0.25, -0.2) is 0 Å². The van der Waals surface area contributed by atoms with Crippen molar-refractivity contribution in [1.82, 2.24) is 15.1 Å². The maximum atomic E-state index is 12.0. The summed E-state index contributed by atoms with van der Waals surface area (Å²) in [5.41, 5.74) is 1.03. The number of rotatable bonds is 5. The van der Waals surface area contributed by atoms with E-state index in [1.807, 2.05) is 17.8 Å². The largest absolute Gasteiger partial charge is 0.396 e. The molecule has 0 aliphatic carbocycles. The van der Waals surface area contributed by atoms with Crippen molar-refractivity contribution in [3.63, 3.8) is 0 Å². The van der Waals surface area contributed by atoms with Crippen molar-refractivity contribution in [2.45, 2.75) is 26.2 Å². The molecule has 2 heterocycles. The zero-order chi connectivity index (χ0) is 14.0. The van der Waals surface area contributed by atoms with Crippen molar-refractivity contribution in [1.29, 1.82) is 0 Å². The standard InChI is InChI=1S/C13H19N3O2S/c1-8(2)11-9-7-10(12(18)14-5-4-6-17)19-13(9)16(3)15-11/h7-8,17H,4-6H2,1-3H3,(H,14,18). The Hall–Kier alpha value is -1.40. The highest BCUT2D eigenvalue weighted by molar-refractivity contribution is 7.20. The van der Waals surface area contributed by atoms with Crippen molar-refractivity contribution >= 4 is 27.5 Å². The number of nitrogens with zero attached hydrogens (tertiary/aromatic N) is 2. The van der Waals surface area contributed by atoms with E-state index in [0.29, 0.717) is 23.8 Å². The number of thiophene rings is 1. The van der Waals surface area contributed by atoms with Crippen LogP contribution in [0.2, 0.25) is 0 Å². The van der Waals surface area contributed by atoms with Crippen molar-refractivity contribution in [3.05, 3.63) is 16.6 Å². The minimum absolute atomic E-state index is 0.0793. The van der Waals surface area contributed by atoms with E-state index in [4.69, 9.17) is 5.11 Å². The average molecular weight is 281 g/mol. The van der Waals surface area contributed by atoms with Crippen LogP contribution < -0.4 is 5.32 Å². The van der Waals surface area contributed by atoms with Crippen LogP contribution in [0.1, 0.15) is 41.6 Å². The van der Waals surface area contributed by atoms with Gasteiger partial charge in [0.2, 0.25) is 0 Å². The number of amides is 1. The van der Waals surface area contributed by atoms with Gasteiger partial charge in [0.1, 0.15) is 4.83 Å². The Balaban J connectivity index is 2.26. The fraction of sp³-hybridized carbons (Fsp3) is 0.538. The van der Waals surface area contributed by atoms with Crippen molar-refractivity contribution in [2.75, 3.05) is 13.2 Å². The number of aromatic nitrogens is 2. The topological polar surface area (TPSA) is 67.2 Å². The molecule has 0 aromatic carbocycles. The van der Waals surface area contributed by atoms with Gasteiger partial charge in [0.05, 0.1) is 10.6 Å². The summed E-state index contributed by atoms with van der Waals surface area (Å²) < 4.78 is 1.83. The first-order chi connectivity index (χ1) is 9.04. The number of carbonyl (C=O) groups excluding carboxylic acids is 1. The molecular weight excluding hydrogens is 262 g/mol. The highest BCUT2D eigenvalue weighted by Crippen LogP contribution is 2.31. The minimum atomic E-state index is -0.0793. The Bertz CT molecular complexity index is 586. The third-order valence-corrected chi connectivity index (χ3v) is 4.13. The third kappa shape index (κ3) is 2.79. The molecule has 104 valence electrons. The second kappa shape index (κ2) is 5.71. The summed E-state index contributed by atoms with van der Waals surface area (Å²) in [6.45, 7) is 4.79. The number of hydrogen-bond acceptors (Lipinski definition) is 4. The van der Waals surface area contributed by atoms with Gasteiger partial charge < -0.3 is 10.4 Å². The van der Waals surface area contributed by atoms with E-state index >= 15 is 0 Å². The first kappa shape index (κ1) is 14.0. The van der Waals surface area contributed by atoms with E-state index in [-0.39, 0.29) is 12.5 Å². The molecule has 0 bridgehead atoms. The predicted molar refractivity (Wildman–Crippen MR) is 76.7 cm³/mol. The second-order valence-electron chi connectivity index (χ2n) is 4.83. The smallest absolute Gasteiger partial charge is 0.261 e. The summed E-state index contributed by atoms with van der Waals surface area (Å²) >= 11 is 1.45. The van der Waals surface area contributed by atoms with Crippen molar-refractivity contribution < 1.29 is 9.90 Å². The number of aliphatic hydroxyl groups is 1. The Labute approximate surface area is 116 Å². The van der Waals surface area contributed by atoms with Gasteiger partial charge in [-0.15, -0.1) is 11.3 Å². The lowest BCUT2D eigenvalue weighted by molar-refractivity contribution is 0.0955. The summed E-state index contributed by atoms with van der Waals surface area (Å²) in [6, 6.07) is 1.91. The number of hydrogen-bond donors (Lipinski definition) is 2. The first-order valence-electron chi connectivity index (χ1n) is 6.40. The maximum absolute atomic E-state index is 12.0. The van der Waals surface area contributed by atoms with Gasteiger partial charge in [-0.3, -0.25) is 9.48 Å². The average Bonchev–Trinajstić information content (AvgIpc) is 2.90. The zero-order valence-corrected chi connectivity index (χ0v) is 12.3. The Morgan fingerprint density at radius 2 is 2.32 bits per heavy atom. The molecular formula is C13H19N3O2S. The molecule has 2 N–H and O–H groups in total. The highest BCUT2D eigenvalue weighted by Gasteiger charge is 2.18. The third-order valence-electron chi connectivity index (χ3n) is 2.93. The molecule has 1 amide bonds. The van der Waals surface area contributed by atoms with Gasteiger partial charge in [0.15, 0.2) is 0 Å². The van der Waals surface area contributed by atoms with Gasteiger partial charge >= 0.3 is 0 Å². The monoisotopic (exact) mass is 281 g/mol. The van der Waals surface area contributed by atoms with Crippen LogP contribution >= 0.6 is 11.3 Å². The summed E-state index contributed by atoms with van der Waals surface area (Å²) in [6.07, 6.45) is 0.579. The lowest BCUT2D eigenvalue weighted by Crippen LogP contribution is -2.24. The van der Waals surface area contributed by atoms with E-state index in [2.05, 4.69) is 24.3 Å². The zero-order valence-electron chi connectivity index (χ0n) is 11.4. The number of aliphatic hydroxyl groups excluding tert-OH is 1. The molecule has 19 heavy (non-hydrogen) atoms. The lowest BCUT2D eigenvalue weighted by Gasteiger charge is -2.01. The van der Waals surface area contributed by atoms with Crippen molar-refractivity contribution in [3.8, 4) is 0 Å². The Kier molecular flexibility index (Phi) is 4.21. The number of nitrogens with one attached hydrogen (secondary N) is 1. The molecule has 2 rings (SSSR count). The number of aryl methyl sites for hydroxylation is 1. The molecule has 0 atom stereocenters. The molecule has 0 fully saturated rings. The Morgan fingerprint density at radius 3 is 2.95 bits per heavy atom. The van der Waals surface area contributed by atoms with Crippen LogP contribution in [0.5, 0.6) is 0 Å².